The second-order valence-corrected chi connectivity index (χ2v) is 4.94. The van der Waals surface area contributed by atoms with Crippen LogP contribution in [0.15, 0.2) is 28.4 Å². The predicted octanol–water partition coefficient (Wildman–Crippen LogP) is 3.12. The fourth-order valence-electron chi connectivity index (χ4n) is 2.00. The summed E-state index contributed by atoms with van der Waals surface area (Å²) in [4.78, 5) is 6.84. The molecule has 0 radical (unpaired) electrons. The molecule has 2 aliphatic rings. The van der Waals surface area contributed by atoms with E-state index in [4.69, 9.17) is 0 Å². The van der Waals surface area contributed by atoms with Gasteiger partial charge in [-0.1, -0.05) is 0 Å². The zero-order valence-electron chi connectivity index (χ0n) is 9.95. The number of allylic oxidation sites excluding steroid dienone is 3. The Morgan fingerprint density at radius 1 is 1.20 bits per heavy atom. The first-order valence-corrected chi connectivity index (χ1v) is 5.78. The van der Waals surface area contributed by atoms with E-state index in [1.54, 1.807) is 0 Å². The molecular formula is C13H20N2. The molecule has 0 unspecified atom stereocenters. The number of rotatable bonds is 0. The van der Waals surface area contributed by atoms with Gasteiger partial charge in [-0.3, -0.25) is 4.99 Å². The normalized spacial score (nSPS) is 29.1. The largest absolute Gasteiger partial charge is 0.357 e. The number of hydrogen-bond donors (Lipinski definition) is 0. The standard InChI is InChI=1S/C13H20N2/c1-13(2)14-10-12-7-5-4-6-11(12)8-9-15(13)3/h8-10H,4-7H2,1-3H3/b9-8-,14-10+. The number of hydrogen-bond acceptors (Lipinski definition) is 2. The van der Waals surface area contributed by atoms with Crippen molar-refractivity contribution < 1.29 is 0 Å². The molecule has 0 aromatic carbocycles. The summed E-state index contributed by atoms with van der Waals surface area (Å²) < 4.78 is 0. The Bertz CT molecular complexity index is 334. The molecule has 0 atom stereocenters. The van der Waals surface area contributed by atoms with Crippen LogP contribution in [0.2, 0.25) is 0 Å². The van der Waals surface area contributed by atoms with E-state index in [1.807, 2.05) is 0 Å². The molecule has 0 fully saturated rings. The summed E-state index contributed by atoms with van der Waals surface area (Å²) >= 11 is 0. The van der Waals surface area contributed by atoms with Crippen LogP contribution in [0.5, 0.6) is 0 Å². The van der Waals surface area contributed by atoms with Crippen molar-refractivity contribution in [2.45, 2.75) is 45.2 Å². The third-order valence-corrected chi connectivity index (χ3v) is 3.45. The Balaban J connectivity index is 2.35. The first kappa shape index (κ1) is 10.5. The van der Waals surface area contributed by atoms with Crippen LogP contribution in [-0.4, -0.2) is 23.8 Å². The molecule has 0 bridgehead atoms. The van der Waals surface area contributed by atoms with E-state index in [-0.39, 0.29) is 5.66 Å². The Kier molecular flexibility index (Phi) is 2.68. The second-order valence-electron chi connectivity index (χ2n) is 4.94. The van der Waals surface area contributed by atoms with Crippen molar-refractivity contribution in [1.82, 2.24) is 4.90 Å². The molecule has 0 aromatic heterocycles. The van der Waals surface area contributed by atoms with Gasteiger partial charge in [0.1, 0.15) is 5.66 Å². The molecule has 0 amide bonds. The molecule has 15 heavy (non-hydrogen) atoms. The Morgan fingerprint density at radius 2 is 1.87 bits per heavy atom. The van der Waals surface area contributed by atoms with Crippen molar-refractivity contribution in [1.29, 1.82) is 0 Å². The molecule has 82 valence electrons. The lowest BCUT2D eigenvalue weighted by Gasteiger charge is -2.32. The Hall–Kier alpha value is -1.05. The van der Waals surface area contributed by atoms with Crippen molar-refractivity contribution in [2.75, 3.05) is 7.05 Å². The summed E-state index contributed by atoms with van der Waals surface area (Å²) in [5, 5.41) is 0. The molecule has 1 heterocycles. The van der Waals surface area contributed by atoms with Crippen molar-refractivity contribution in [3.8, 4) is 0 Å². The number of aliphatic imine (C=N–C) groups is 1. The minimum absolute atomic E-state index is 0.119. The zero-order valence-corrected chi connectivity index (χ0v) is 9.95. The van der Waals surface area contributed by atoms with Crippen molar-refractivity contribution in [2.24, 2.45) is 4.99 Å². The van der Waals surface area contributed by atoms with Gasteiger partial charge >= 0.3 is 0 Å². The fourth-order valence-corrected chi connectivity index (χ4v) is 2.00. The molecule has 2 heteroatoms. The van der Waals surface area contributed by atoms with Crippen LogP contribution in [0.3, 0.4) is 0 Å². The monoisotopic (exact) mass is 204 g/mol. The van der Waals surface area contributed by atoms with Gasteiger partial charge in [-0.25, -0.2) is 0 Å². The summed E-state index contributed by atoms with van der Waals surface area (Å²) in [5.41, 5.74) is 2.80. The quantitative estimate of drug-likeness (QED) is 0.592. The molecular weight excluding hydrogens is 184 g/mol. The van der Waals surface area contributed by atoms with Gasteiger partial charge in [0.25, 0.3) is 0 Å². The maximum Gasteiger partial charge on any atom is 0.125 e. The molecule has 1 aliphatic carbocycles. The lowest BCUT2D eigenvalue weighted by atomic mass is 9.92. The van der Waals surface area contributed by atoms with Crippen LogP contribution in [-0.2, 0) is 0 Å². The van der Waals surface area contributed by atoms with Gasteiger partial charge in [0.05, 0.1) is 0 Å². The van der Waals surface area contributed by atoms with Crippen LogP contribution >= 0.6 is 0 Å². The topological polar surface area (TPSA) is 15.6 Å². The van der Waals surface area contributed by atoms with Gasteiger partial charge in [-0.15, -0.1) is 0 Å². The third kappa shape index (κ3) is 2.14. The molecule has 0 N–H and O–H groups in total. The van der Waals surface area contributed by atoms with E-state index in [1.165, 1.54) is 36.8 Å². The highest BCUT2D eigenvalue weighted by Gasteiger charge is 2.21. The highest BCUT2D eigenvalue weighted by atomic mass is 15.2. The Labute approximate surface area is 92.4 Å². The molecule has 0 saturated carbocycles. The van der Waals surface area contributed by atoms with E-state index < -0.39 is 0 Å². The maximum absolute atomic E-state index is 4.67. The van der Waals surface area contributed by atoms with Crippen LogP contribution in [0, 0.1) is 0 Å². The van der Waals surface area contributed by atoms with E-state index in [0.717, 1.165) is 0 Å². The summed E-state index contributed by atoms with van der Waals surface area (Å²) in [6, 6.07) is 0. The van der Waals surface area contributed by atoms with Crippen LogP contribution in [0.4, 0.5) is 0 Å². The fraction of sp³-hybridized carbons (Fsp3) is 0.615. The van der Waals surface area contributed by atoms with Crippen LogP contribution < -0.4 is 0 Å². The minimum atomic E-state index is -0.119. The molecule has 0 aromatic rings. The Morgan fingerprint density at radius 3 is 2.60 bits per heavy atom. The van der Waals surface area contributed by atoms with Gasteiger partial charge in [0.2, 0.25) is 0 Å². The highest BCUT2D eigenvalue weighted by molar-refractivity contribution is 5.81. The predicted molar refractivity (Wildman–Crippen MR) is 65.0 cm³/mol. The zero-order chi connectivity index (χ0) is 10.9. The van der Waals surface area contributed by atoms with Gasteiger partial charge in [-0.2, -0.15) is 0 Å². The van der Waals surface area contributed by atoms with Gasteiger partial charge < -0.3 is 4.90 Å². The summed E-state index contributed by atoms with van der Waals surface area (Å²) in [7, 11) is 2.09. The van der Waals surface area contributed by atoms with Crippen molar-refractivity contribution in [3.05, 3.63) is 23.4 Å². The summed E-state index contributed by atoms with van der Waals surface area (Å²) in [5.74, 6) is 0. The third-order valence-electron chi connectivity index (χ3n) is 3.45. The molecule has 2 nitrogen and oxygen atoms in total. The average molecular weight is 204 g/mol. The van der Waals surface area contributed by atoms with E-state index in [9.17, 15) is 0 Å². The lowest BCUT2D eigenvalue weighted by Crippen LogP contribution is -2.36. The molecule has 0 spiro atoms. The van der Waals surface area contributed by atoms with Gasteiger partial charge in [0, 0.05) is 19.5 Å². The number of nitrogens with zero attached hydrogens (tertiary/aromatic N) is 2. The highest BCUT2D eigenvalue weighted by Crippen LogP contribution is 2.27. The molecule has 1 aliphatic heterocycles. The second kappa shape index (κ2) is 3.84. The van der Waals surface area contributed by atoms with Gasteiger partial charge in [0.15, 0.2) is 0 Å². The van der Waals surface area contributed by atoms with E-state index in [0.29, 0.717) is 0 Å². The van der Waals surface area contributed by atoms with Gasteiger partial charge in [-0.05, 0) is 56.8 Å². The van der Waals surface area contributed by atoms with E-state index >= 15 is 0 Å². The smallest absolute Gasteiger partial charge is 0.125 e. The van der Waals surface area contributed by atoms with Crippen molar-refractivity contribution in [3.63, 3.8) is 0 Å². The SMILES string of the molecule is CN1/C=C\C2=C(/C=N/C1(C)C)CCCC2. The average Bonchev–Trinajstić information content (AvgIpc) is 2.22. The first-order chi connectivity index (χ1) is 7.09. The van der Waals surface area contributed by atoms with Crippen LogP contribution in [0.1, 0.15) is 39.5 Å². The van der Waals surface area contributed by atoms with Crippen LogP contribution in [0.25, 0.3) is 0 Å². The lowest BCUT2D eigenvalue weighted by molar-refractivity contribution is 0.237. The first-order valence-electron chi connectivity index (χ1n) is 5.78. The maximum atomic E-state index is 4.67. The molecule has 2 rings (SSSR count). The van der Waals surface area contributed by atoms with E-state index in [2.05, 4.69) is 49.3 Å². The van der Waals surface area contributed by atoms with Crippen molar-refractivity contribution >= 4 is 6.21 Å². The molecule has 0 saturated heterocycles. The summed E-state index contributed by atoms with van der Waals surface area (Å²) in [6.45, 7) is 4.28. The minimum Gasteiger partial charge on any atom is -0.357 e. The summed E-state index contributed by atoms with van der Waals surface area (Å²) in [6.07, 6.45) is 11.6.